The summed E-state index contributed by atoms with van der Waals surface area (Å²) in [5.74, 6) is -2.99. The molecule has 0 radical (unpaired) electrons. The first kappa shape index (κ1) is 15.4. The molecule has 21 heavy (non-hydrogen) atoms. The van der Waals surface area contributed by atoms with E-state index in [1.54, 1.807) is 0 Å². The molecule has 110 valence electrons. The third-order valence-electron chi connectivity index (χ3n) is 2.31. The fourth-order valence-electron chi connectivity index (χ4n) is 1.41. The Bertz CT molecular complexity index is 690. The van der Waals surface area contributed by atoms with Crippen molar-refractivity contribution in [3.63, 3.8) is 0 Å². The Labute approximate surface area is 127 Å². The Kier molecular flexibility index (Phi) is 4.87. The molecule has 0 unspecified atom stereocenters. The van der Waals surface area contributed by atoms with Gasteiger partial charge in [0.1, 0.15) is 16.5 Å². The lowest BCUT2D eigenvalue weighted by Gasteiger charge is -2.07. The molecule has 0 saturated heterocycles. The average Bonchev–Trinajstić information content (AvgIpc) is 2.87. The van der Waals surface area contributed by atoms with E-state index in [-0.39, 0.29) is 10.6 Å². The molecule has 0 aliphatic rings. The van der Waals surface area contributed by atoms with Gasteiger partial charge >= 0.3 is 5.97 Å². The lowest BCUT2D eigenvalue weighted by atomic mass is 10.3. The number of esters is 1. The summed E-state index contributed by atoms with van der Waals surface area (Å²) in [6.45, 7) is -0.621. The van der Waals surface area contributed by atoms with Crippen molar-refractivity contribution < 1.29 is 23.1 Å². The number of halogens is 3. The van der Waals surface area contributed by atoms with Gasteiger partial charge in [-0.05, 0) is 24.3 Å². The fraction of sp³-hybridized carbons (Fsp3) is 0.0769. The topological polar surface area (TPSA) is 55.4 Å². The normalized spacial score (nSPS) is 10.2. The van der Waals surface area contributed by atoms with Crippen LogP contribution in [0.5, 0.6) is 0 Å². The molecule has 8 heteroatoms. The summed E-state index contributed by atoms with van der Waals surface area (Å²) in [6.07, 6.45) is 0. The number of hydrogen-bond donors (Lipinski definition) is 1. The Balaban J connectivity index is 1.90. The van der Waals surface area contributed by atoms with E-state index < -0.39 is 30.1 Å². The minimum atomic E-state index is -0.791. The summed E-state index contributed by atoms with van der Waals surface area (Å²) in [6, 6.07) is 5.61. The van der Waals surface area contributed by atoms with Gasteiger partial charge in [-0.2, -0.15) is 0 Å². The predicted octanol–water partition coefficient (Wildman–Crippen LogP) is 3.48. The van der Waals surface area contributed by atoms with E-state index in [1.165, 1.54) is 12.1 Å². The van der Waals surface area contributed by atoms with Crippen LogP contribution in [0, 0.1) is 11.6 Å². The Hall–Kier alpha value is -1.99. The smallest absolute Gasteiger partial charge is 0.348 e. The van der Waals surface area contributed by atoms with Crippen LogP contribution in [-0.2, 0) is 9.53 Å². The summed E-state index contributed by atoms with van der Waals surface area (Å²) in [5.41, 5.74) is -0.324. The number of benzene rings is 1. The van der Waals surface area contributed by atoms with Crippen molar-refractivity contribution in [3.8, 4) is 0 Å². The van der Waals surface area contributed by atoms with Crippen LogP contribution >= 0.6 is 22.9 Å². The lowest BCUT2D eigenvalue weighted by molar-refractivity contribution is -0.119. The molecule has 0 aliphatic heterocycles. The molecule has 1 aromatic carbocycles. The van der Waals surface area contributed by atoms with Gasteiger partial charge in [0.2, 0.25) is 0 Å². The van der Waals surface area contributed by atoms with Crippen LogP contribution in [0.2, 0.25) is 4.34 Å². The molecule has 1 aromatic heterocycles. The number of amides is 1. The van der Waals surface area contributed by atoms with E-state index in [1.807, 2.05) is 0 Å². The van der Waals surface area contributed by atoms with Crippen LogP contribution in [-0.4, -0.2) is 18.5 Å². The number of carbonyl (C=O) groups excluding carboxylic acids is 2. The molecule has 0 fully saturated rings. The van der Waals surface area contributed by atoms with Gasteiger partial charge in [0, 0.05) is 6.07 Å². The Morgan fingerprint density at radius 1 is 1.24 bits per heavy atom. The summed E-state index contributed by atoms with van der Waals surface area (Å²) < 4.78 is 31.4. The number of hydrogen-bond acceptors (Lipinski definition) is 4. The van der Waals surface area contributed by atoms with Crippen molar-refractivity contribution in [2.45, 2.75) is 0 Å². The molecule has 0 bridgehead atoms. The van der Waals surface area contributed by atoms with Crippen molar-refractivity contribution >= 4 is 40.5 Å². The van der Waals surface area contributed by atoms with E-state index in [0.717, 1.165) is 29.5 Å². The van der Waals surface area contributed by atoms with Crippen molar-refractivity contribution in [2.75, 3.05) is 11.9 Å². The molecule has 1 N–H and O–H groups in total. The van der Waals surface area contributed by atoms with E-state index in [0.29, 0.717) is 4.34 Å². The molecule has 0 spiro atoms. The van der Waals surface area contributed by atoms with Crippen molar-refractivity contribution in [2.24, 2.45) is 0 Å². The maximum absolute atomic E-state index is 13.3. The van der Waals surface area contributed by atoms with Crippen LogP contribution in [0.3, 0.4) is 0 Å². The summed E-state index contributed by atoms with van der Waals surface area (Å²) >= 11 is 6.67. The second kappa shape index (κ2) is 6.64. The van der Waals surface area contributed by atoms with Gasteiger partial charge in [-0.3, -0.25) is 4.79 Å². The van der Waals surface area contributed by atoms with Crippen LogP contribution in [0.25, 0.3) is 0 Å². The average molecular weight is 332 g/mol. The van der Waals surface area contributed by atoms with E-state index >= 15 is 0 Å². The van der Waals surface area contributed by atoms with Gasteiger partial charge in [-0.15, -0.1) is 11.3 Å². The highest BCUT2D eigenvalue weighted by Gasteiger charge is 2.14. The summed E-state index contributed by atoms with van der Waals surface area (Å²) in [4.78, 5) is 23.3. The maximum atomic E-state index is 13.3. The Morgan fingerprint density at radius 3 is 2.67 bits per heavy atom. The quantitative estimate of drug-likeness (QED) is 0.873. The predicted molar refractivity (Wildman–Crippen MR) is 74.6 cm³/mol. The monoisotopic (exact) mass is 331 g/mol. The van der Waals surface area contributed by atoms with Crippen molar-refractivity contribution in [1.29, 1.82) is 0 Å². The number of thiophene rings is 1. The summed E-state index contributed by atoms with van der Waals surface area (Å²) in [5, 5.41) is 2.11. The molecular weight excluding hydrogens is 324 g/mol. The second-order valence-electron chi connectivity index (χ2n) is 3.85. The van der Waals surface area contributed by atoms with Gasteiger partial charge in [0.15, 0.2) is 6.61 Å². The first-order valence-electron chi connectivity index (χ1n) is 5.63. The van der Waals surface area contributed by atoms with Gasteiger partial charge in [0.25, 0.3) is 5.91 Å². The number of rotatable bonds is 4. The fourth-order valence-corrected chi connectivity index (χ4v) is 2.34. The first-order chi connectivity index (χ1) is 9.95. The van der Waals surface area contributed by atoms with Crippen LogP contribution < -0.4 is 5.32 Å². The highest BCUT2D eigenvalue weighted by Crippen LogP contribution is 2.22. The second-order valence-corrected chi connectivity index (χ2v) is 5.57. The third-order valence-corrected chi connectivity index (χ3v) is 3.52. The molecule has 0 atom stereocenters. The summed E-state index contributed by atoms with van der Waals surface area (Å²) in [7, 11) is 0. The molecule has 2 aromatic rings. The zero-order chi connectivity index (χ0) is 15.4. The minimum absolute atomic E-state index is 0.240. The third kappa shape index (κ3) is 4.24. The molecule has 4 nitrogen and oxygen atoms in total. The molecule has 1 heterocycles. The van der Waals surface area contributed by atoms with Crippen LogP contribution in [0.1, 0.15) is 9.67 Å². The van der Waals surface area contributed by atoms with Gasteiger partial charge < -0.3 is 10.1 Å². The minimum Gasteiger partial charge on any atom is -0.451 e. The maximum Gasteiger partial charge on any atom is 0.348 e. The zero-order valence-corrected chi connectivity index (χ0v) is 11.9. The highest BCUT2D eigenvalue weighted by atomic mass is 35.5. The van der Waals surface area contributed by atoms with Gasteiger partial charge in [-0.25, -0.2) is 13.6 Å². The standard InChI is InChI=1S/C13H8ClF2NO3S/c14-11-4-3-10(21-11)13(19)20-6-12(18)17-9-5-7(15)1-2-8(9)16/h1-5H,6H2,(H,17,18). The van der Waals surface area contributed by atoms with E-state index in [9.17, 15) is 18.4 Å². The van der Waals surface area contributed by atoms with Gasteiger partial charge in [0.05, 0.1) is 10.0 Å². The van der Waals surface area contributed by atoms with Crippen molar-refractivity contribution in [3.05, 3.63) is 51.2 Å². The van der Waals surface area contributed by atoms with E-state index in [4.69, 9.17) is 16.3 Å². The molecule has 2 rings (SSSR count). The number of ether oxygens (including phenoxy) is 1. The van der Waals surface area contributed by atoms with Crippen molar-refractivity contribution in [1.82, 2.24) is 0 Å². The first-order valence-corrected chi connectivity index (χ1v) is 6.82. The molecule has 0 aliphatic carbocycles. The van der Waals surface area contributed by atoms with E-state index in [2.05, 4.69) is 5.32 Å². The molecule has 0 saturated carbocycles. The largest absolute Gasteiger partial charge is 0.451 e. The SMILES string of the molecule is O=C(COC(=O)c1ccc(Cl)s1)Nc1cc(F)ccc1F. The van der Waals surface area contributed by atoms with Gasteiger partial charge in [-0.1, -0.05) is 11.6 Å². The van der Waals surface area contributed by atoms with Crippen LogP contribution in [0.4, 0.5) is 14.5 Å². The van der Waals surface area contributed by atoms with Crippen LogP contribution in [0.15, 0.2) is 30.3 Å². The number of carbonyl (C=O) groups is 2. The molecular formula is C13H8ClF2NO3S. The highest BCUT2D eigenvalue weighted by molar-refractivity contribution is 7.17. The number of nitrogens with one attached hydrogen (secondary N) is 1. The molecule has 1 amide bonds. The lowest BCUT2D eigenvalue weighted by Crippen LogP contribution is -2.21. The zero-order valence-electron chi connectivity index (χ0n) is 10.4. The Morgan fingerprint density at radius 2 is 2.00 bits per heavy atom. The number of anilines is 1.